The van der Waals surface area contributed by atoms with E-state index in [0.29, 0.717) is 50.0 Å². The first kappa shape index (κ1) is 29.9. The number of ether oxygens (including phenoxy) is 2. The molecule has 204 valence electrons. The smallest absolute Gasteiger partial charge is 0.302 e. The number of likely N-dealkylation sites (tertiary alicyclic amines) is 1. The quantitative estimate of drug-likeness (QED) is 0.209. The number of aromatic hydroxyl groups is 1. The molecule has 36 heavy (non-hydrogen) atoms. The molecule has 0 aliphatic carbocycles. The first-order valence-corrected chi connectivity index (χ1v) is 13.8. The monoisotopic (exact) mass is 505 g/mol. The maximum Gasteiger partial charge on any atom is 0.302 e. The molecule has 1 aliphatic rings. The Hall–Kier alpha value is -2.28. The summed E-state index contributed by atoms with van der Waals surface area (Å²) in [6, 6.07) is 3.93. The van der Waals surface area contributed by atoms with Gasteiger partial charge in [-0.05, 0) is 43.7 Å². The number of hydrogen-bond donors (Lipinski definition) is 2. The van der Waals surface area contributed by atoms with E-state index in [1.54, 1.807) is 6.07 Å². The lowest BCUT2D eigenvalue weighted by atomic mass is 9.98. The molecule has 0 bridgehead atoms. The number of hydrogen-bond acceptors (Lipinski definition) is 6. The number of aliphatic hydroxyl groups excluding tert-OH is 1. The van der Waals surface area contributed by atoms with Gasteiger partial charge in [-0.1, -0.05) is 58.4 Å². The highest BCUT2D eigenvalue weighted by Crippen LogP contribution is 2.35. The van der Waals surface area contributed by atoms with Gasteiger partial charge in [-0.25, -0.2) is 0 Å². The Balaban J connectivity index is 2.11. The Morgan fingerprint density at radius 3 is 2.53 bits per heavy atom. The zero-order chi connectivity index (χ0) is 26.5. The number of phenols is 1. The van der Waals surface area contributed by atoms with Crippen molar-refractivity contribution >= 4 is 11.9 Å². The zero-order valence-electron chi connectivity index (χ0n) is 22.8. The second-order valence-corrected chi connectivity index (χ2v) is 10.2. The maximum absolute atomic E-state index is 12.6. The van der Waals surface area contributed by atoms with Gasteiger partial charge in [-0.15, -0.1) is 0 Å². The van der Waals surface area contributed by atoms with Crippen LogP contribution in [-0.4, -0.2) is 52.3 Å². The van der Waals surface area contributed by atoms with Crippen molar-refractivity contribution in [3.05, 3.63) is 23.3 Å². The summed E-state index contributed by atoms with van der Waals surface area (Å²) in [4.78, 5) is 26.2. The normalized spacial score (nSPS) is 17.3. The lowest BCUT2D eigenvalue weighted by Crippen LogP contribution is -2.32. The zero-order valence-corrected chi connectivity index (χ0v) is 22.8. The molecule has 1 fully saturated rings. The molecule has 3 atom stereocenters. The van der Waals surface area contributed by atoms with Crippen LogP contribution in [0.1, 0.15) is 109 Å². The van der Waals surface area contributed by atoms with Crippen molar-refractivity contribution in [1.82, 2.24) is 4.90 Å². The summed E-state index contributed by atoms with van der Waals surface area (Å²) in [6.45, 7) is 6.05. The van der Waals surface area contributed by atoms with E-state index >= 15 is 0 Å². The topological polar surface area (TPSA) is 96.3 Å². The average Bonchev–Trinajstić information content (AvgIpc) is 3.18. The second kappa shape index (κ2) is 15.7. The number of amides is 1. The van der Waals surface area contributed by atoms with Crippen molar-refractivity contribution in [3.63, 3.8) is 0 Å². The Bertz CT molecular complexity index is 826. The minimum absolute atomic E-state index is 0.0659. The van der Waals surface area contributed by atoms with Crippen molar-refractivity contribution in [1.29, 1.82) is 0 Å². The maximum atomic E-state index is 12.6. The number of phenolic OH excluding ortho intramolecular Hbond substituents is 1. The van der Waals surface area contributed by atoms with Gasteiger partial charge in [0.1, 0.15) is 6.10 Å². The number of carbonyl (C=O) groups is 2. The van der Waals surface area contributed by atoms with Crippen molar-refractivity contribution in [2.24, 2.45) is 0 Å². The Kier molecular flexibility index (Phi) is 13.1. The number of esters is 1. The number of unbranched alkanes of at least 4 members (excludes halogenated alkanes) is 4. The fraction of sp³-hybridized carbons (Fsp3) is 0.724. The minimum atomic E-state index is -0.503. The number of carbonyl (C=O) groups excluding carboxylic acids is 2. The Labute approximate surface area is 217 Å². The Morgan fingerprint density at radius 2 is 1.86 bits per heavy atom. The predicted molar refractivity (Wildman–Crippen MR) is 141 cm³/mol. The average molecular weight is 506 g/mol. The van der Waals surface area contributed by atoms with E-state index in [1.165, 1.54) is 14.0 Å². The van der Waals surface area contributed by atoms with Crippen molar-refractivity contribution in [2.75, 3.05) is 7.11 Å². The van der Waals surface area contributed by atoms with Gasteiger partial charge in [-0.2, -0.15) is 0 Å². The highest BCUT2D eigenvalue weighted by molar-refractivity contribution is 5.79. The van der Waals surface area contributed by atoms with Crippen LogP contribution in [0.2, 0.25) is 0 Å². The second-order valence-electron chi connectivity index (χ2n) is 10.2. The molecule has 1 aromatic carbocycles. The molecule has 1 amide bonds. The summed E-state index contributed by atoms with van der Waals surface area (Å²) in [7, 11) is 1.52. The Morgan fingerprint density at radius 1 is 1.14 bits per heavy atom. The van der Waals surface area contributed by atoms with Crippen molar-refractivity contribution < 1.29 is 29.3 Å². The van der Waals surface area contributed by atoms with Crippen LogP contribution < -0.4 is 4.74 Å². The van der Waals surface area contributed by atoms with Crippen molar-refractivity contribution in [3.8, 4) is 11.5 Å². The summed E-state index contributed by atoms with van der Waals surface area (Å²) in [5, 5.41) is 21.2. The summed E-state index contributed by atoms with van der Waals surface area (Å²) in [5.41, 5.74) is 1.61. The first-order chi connectivity index (χ1) is 17.3. The molecule has 0 radical (unpaired) electrons. The highest BCUT2D eigenvalue weighted by Gasteiger charge is 2.31. The molecule has 1 aliphatic heterocycles. The number of benzene rings is 1. The van der Waals surface area contributed by atoms with E-state index in [0.717, 1.165) is 56.9 Å². The third-order valence-corrected chi connectivity index (χ3v) is 7.13. The molecule has 2 rings (SSSR count). The van der Waals surface area contributed by atoms with E-state index in [9.17, 15) is 19.8 Å². The van der Waals surface area contributed by atoms with Gasteiger partial charge in [0, 0.05) is 37.9 Å². The first-order valence-electron chi connectivity index (χ1n) is 13.8. The van der Waals surface area contributed by atoms with E-state index in [4.69, 9.17) is 9.47 Å². The molecule has 1 aromatic rings. The molecule has 2 N–H and O–H groups in total. The molecule has 7 heteroatoms. The van der Waals surface area contributed by atoms with Crippen LogP contribution >= 0.6 is 0 Å². The van der Waals surface area contributed by atoms with Crippen LogP contribution in [0.15, 0.2) is 12.1 Å². The molecule has 0 aromatic heterocycles. The molecular weight excluding hydrogens is 458 g/mol. The summed E-state index contributed by atoms with van der Waals surface area (Å²) >= 11 is 0. The van der Waals surface area contributed by atoms with Crippen LogP contribution in [0, 0.1) is 0 Å². The molecule has 0 spiro atoms. The minimum Gasteiger partial charge on any atom is -0.504 e. The molecule has 0 unspecified atom stereocenters. The van der Waals surface area contributed by atoms with E-state index < -0.39 is 6.10 Å². The van der Waals surface area contributed by atoms with Gasteiger partial charge < -0.3 is 24.6 Å². The van der Waals surface area contributed by atoms with Crippen LogP contribution in [0.25, 0.3) is 0 Å². The number of rotatable bonds is 17. The molecule has 1 saturated heterocycles. The van der Waals surface area contributed by atoms with Crippen LogP contribution in [0.3, 0.4) is 0 Å². The molecule has 1 heterocycles. The number of nitrogens with zero attached hydrogens (tertiary/aromatic N) is 1. The third-order valence-electron chi connectivity index (χ3n) is 7.13. The third kappa shape index (κ3) is 9.64. The largest absolute Gasteiger partial charge is 0.504 e. The van der Waals surface area contributed by atoms with Crippen LogP contribution in [0.4, 0.5) is 0 Å². The van der Waals surface area contributed by atoms with E-state index in [1.807, 2.05) is 11.0 Å². The van der Waals surface area contributed by atoms with Crippen LogP contribution in [-0.2, 0) is 27.3 Å². The lowest BCUT2D eigenvalue weighted by Gasteiger charge is -2.26. The summed E-state index contributed by atoms with van der Waals surface area (Å²) in [5.74, 6) is 0.218. The van der Waals surface area contributed by atoms with Crippen LogP contribution in [0.5, 0.6) is 11.5 Å². The fourth-order valence-corrected chi connectivity index (χ4v) is 5.11. The predicted octanol–water partition coefficient (Wildman–Crippen LogP) is 5.67. The highest BCUT2D eigenvalue weighted by atomic mass is 16.5. The van der Waals surface area contributed by atoms with Gasteiger partial charge in [-0.3, -0.25) is 9.59 Å². The summed E-state index contributed by atoms with van der Waals surface area (Å²) in [6.07, 6.45) is 10.3. The van der Waals surface area contributed by atoms with E-state index in [-0.39, 0.29) is 29.8 Å². The van der Waals surface area contributed by atoms with Gasteiger partial charge in [0.15, 0.2) is 11.5 Å². The molecule has 7 nitrogen and oxygen atoms in total. The summed E-state index contributed by atoms with van der Waals surface area (Å²) < 4.78 is 10.9. The standard InChI is InChI=1S/C29H47NO6/c1-5-7-9-11-24-14-16-28(33)30(24)20-23-17-22(18-27(35-4)29(23)34)13-15-26(36-21(3)31)19-25(32)12-10-8-6-2/h17-18,24-26,32,34H,5-16,19-20H2,1-4H3/t24-,25-,26+/m0/s1. The molecule has 0 saturated carbocycles. The number of aryl methyl sites for hydroxylation is 1. The SMILES string of the molecule is CCCCC[C@H](O)C[C@@H](CCc1cc(CN2C(=O)CC[C@@H]2CCCCC)c(O)c(OC)c1)OC(C)=O. The number of methoxy groups -OCH3 is 1. The van der Waals surface area contributed by atoms with Crippen molar-refractivity contribution in [2.45, 2.75) is 129 Å². The lowest BCUT2D eigenvalue weighted by molar-refractivity contribution is -0.148. The van der Waals surface area contributed by atoms with Gasteiger partial charge in [0.2, 0.25) is 5.91 Å². The van der Waals surface area contributed by atoms with Gasteiger partial charge in [0.25, 0.3) is 0 Å². The molecular formula is C29H47NO6. The van der Waals surface area contributed by atoms with Gasteiger partial charge in [0.05, 0.1) is 13.2 Å². The van der Waals surface area contributed by atoms with Gasteiger partial charge >= 0.3 is 5.97 Å². The fourth-order valence-electron chi connectivity index (χ4n) is 5.11. The van der Waals surface area contributed by atoms with E-state index in [2.05, 4.69) is 13.8 Å². The number of aliphatic hydroxyl groups is 1.